The Balaban J connectivity index is 4.08. The highest BCUT2D eigenvalue weighted by molar-refractivity contribution is 6.39. The Kier molecular flexibility index (Phi) is 3.88. The highest BCUT2D eigenvalue weighted by Gasteiger charge is 2.12. The summed E-state index contributed by atoms with van der Waals surface area (Å²) in [4.78, 5) is 14.9. The van der Waals surface area contributed by atoms with E-state index in [0.717, 1.165) is 0 Å². The van der Waals surface area contributed by atoms with Crippen LogP contribution < -0.4 is 5.73 Å². The van der Waals surface area contributed by atoms with E-state index < -0.39 is 0 Å². The zero-order valence-corrected chi connectivity index (χ0v) is 6.72. The van der Waals surface area contributed by atoms with Gasteiger partial charge >= 0.3 is 0 Å². The number of carbonyl (C=O) groups excluding carboxylic acids is 1. The van der Waals surface area contributed by atoms with Crippen LogP contribution in [0.3, 0.4) is 0 Å². The standard InChI is InChI=1S/C7H14N2O/c1-5(4-8)7(10)6(2)9-3/h5H,4,8H2,1-3H3. The second kappa shape index (κ2) is 4.17. The van der Waals surface area contributed by atoms with Crippen molar-refractivity contribution in [3.8, 4) is 0 Å². The molecule has 0 bridgehead atoms. The van der Waals surface area contributed by atoms with Crippen molar-refractivity contribution < 1.29 is 4.79 Å². The zero-order chi connectivity index (χ0) is 8.15. The molecule has 0 saturated carbocycles. The van der Waals surface area contributed by atoms with E-state index in [-0.39, 0.29) is 11.7 Å². The first kappa shape index (κ1) is 9.30. The number of hydrogen-bond donors (Lipinski definition) is 1. The van der Waals surface area contributed by atoms with E-state index >= 15 is 0 Å². The highest BCUT2D eigenvalue weighted by Crippen LogP contribution is 1.95. The largest absolute Gasteiger partial charge is 0.330 e. The van der Waals surface area contributed by atoms with E-state index in [2.05, 4.69) is 4.99 Å². The van der Waals surface area contributed by atoms with Gasteiger partial charge in [-0.15, -0.1) is 0 Å². The molecule has 0 saturated heterocycles. The summed E-state index contributed by atoms with van der Waals surface area (Å²) in [6.45, 7) is 3.90. The molecule has 0 amide bonds. The SMILES string of the molecule is CN=C(C)C(=O)C(C)CN. The van der Waals surface area contributed by atoms with Crippen molar-refractivity contribution in [3.63, 3.8) is 0 Å². The van der Waals surface area contributed by atoms with Gasteiger partial charge in [-0.2, -0.15) is 0 Å². The molecule has 3 nitrogen and oxygen atoms in total. The van der Waals surface area contributed by atoms with Gasteiger partial charge < -0.3 is 5.73 Å². The fraction of sp³-hybridized carbons (Fsp3) is 0.714. The minimum atomic E-state index is -0.0938. The minimum Gasteiger partial charge on any atom is -0.330 e. The second-order valence-electron chi connectivity index (χ2n) is 2.31. The Morgan fingerprint density at radius 2 is 2.20 bits per heavy atom. The van der Waals surface area contributed by atoms with Crippen LogP contribution in [0.15, 0.2) is 4.99 Å². The van der Waals surface area contributed by atoms with Crippen LogP contribution >= 0.6 is 0 Å². The van der Waals surface area contributed by atoms with Gasteiger partial charge in [-0.05, 0) is 6.92 Å². The molecule has 0 radical (unpaired) electrons. The number of rotatable bonds is 3. The lowest BCUT2D eigenvalue weighted by atomic mass is 10.0. The number of Topliss-reactive ketones (excluding diaryl/α,β-unsaturated/α-hetero) is 1. The molecule has 0 aromatic rings. The molecule has 1 atom stereocenters. The molecular weight excluding hydrogens is 128 g/mol. The Labute approximate surface area is 61.3 Å². The molecule has 2 N–H and O–H groups in total. The van der Waals surface area contributed by atoms with Gasteiger partial charge in [0.2, 0.25) is 0 Å². The van der Waals surface area contributed by atoms with Crippen LogP contribution in [-0.4, -0.2) is 25.1 Å². The van der Waals surface area contributed by atoms with Crippen molar-refractivity contribution in [2.45, 2.75) is 13.8 Å². The van der Waals surface area contributed by atoms with Gasteiger partial charge in [0.25, 0.3) is 0 Å². The van der Waals surface area contributed by atoms with Crippen LogP contribution in [0.5, 0.6) is 0 Å². The fourth-order valence-corrected chi connectivity index (χ4v) is 0.574. The van der Waals surface area contributed by atoms with Gasteiger partial charge in [-0.1, -0.05) is 6.92 Å². The molecule has 0 aliphatic carbocycles. The Bertz CT molecular complexity index is 152. The van der Waals surface area contributed by atoms with Gasteiger partial charge in [-0.3, -0.25) is 9.79 Å². The highest BCUT2D eigenvalue weighted by atomic mass is 16.1. The molecule has 10 heavy (non-hydrogen) atoms. The third-order valence-electron chi connectivity index (χ3n) is 1.49. The molecule has 58 valence electrons. The maximum atomic E-state index is 11.1. The molecule has 0 aromatic carbocycles. The van der Waals surface area contributed by atoms with Gasteiger partial charge in [0.1, 0.15) is 0 Å². The van der Waals surface area contributed by atoms with Gasteiger partial charge in [0.05, 0.1) is 5.71 Å². The van der Waals surface area contributed by atoms with E-state index in [1.165, 1.54) is 0 Å². The number of carbonyl (C=O) groups is 1. The third kappa shape index (κ3) is 2.27. The summed E-state index contributed by atoms with van der Waals surface area (Å²) in [5.74, 6) is -0.0475. The topological polar surface area (TPSA) is 55.5 Å². The molecule has 0 fully saturated rings. The van der Waals surface area contributed by atoms with Crippen LogP contribution in [0.4, 0.5) is 0 Å². The first-order chi connectivity index (χ1) is 4.63. The van der Waals surface area contributed by atoms with Crippen molar-refractivity contribution in [2.75, 3.05) is 13.6 Å². The average Bonchev–Trinajstić information content (AvgIpc) is 2.00. The molecule has 3 heteroatoms. The molecule has 0 aromatic heterocycles. The van der Waals surface area contributed by atoms with Crippen LogP contribution in [0, 0.1) is 5.92 Å². The average molecular weight is 142 g/mol. The van der Waals surface area contributed by atoms with E-state index in [4.69, 9.17) is 5.73 Å². The number of aliphatic imine (C=N–C) groups is 1. The third-order valence-corrected chi connectivity index (χ3v) is 1.49. The van der Waals surface area contributed by atoms with Crippen molar-refractivity contribution >= 4 is 11.5 Å². The summed E-state index contributed by atoms with van der Waals surface area (Å²) >= 11 is 0. The quantitative estimate of drug-likeness (QED) is 0.574. The molecule has 0 heterocycles. The normalized spacial score (nSPS) is 15.0. The summed E-state index contributed by atoms with van der Waals surface area (Å²) in [5, 5.41) is 0. The monoisotopic (exact) mass is 142 g/mol. The maximum absolute atomic E-state index is 11.1. The first-order valence-corrected chi connectivity index (χ1v) is 3.31. The molecule has 0 spiro atoms. The predicted octanol–water partition coefficient (Wildman–Crippen LogP) is 0.241. The van der Waals surface area contributed by atoms with Crippen LogP contribution in [0.1, 0.15) is 13.8 Å². The van der Waals surface area contributed by atoms with Crippen molar-refractivity contribution in [2.24, 2.45) is 16.6 Å². The smallest absolute Gasteiger partial charge is 0.180 e. The molecule has 1 unspecified atom stereocenters. The molecule has 0 aliphatic rings. The first-order valence-electron chi connectivity index (χ1n) is 3.31. The predicted molar refractivity (Wildman–Crippen MR) is 42.3 cm³/mol. The lowest BCUT2D eigenvalue weighted by Crippen LogP contribution is -2.25. The zero-order valence-electron chi connectivity index (χ0n) is 6.72. The minimum absolute atomic E-state index is 0.0463. The number of nitrogens with zero attached hydrogens (tertiary/aromatic N) is 1. The van der Waals surface area contributed by atoms with E-state index in [9.17, 15) is 4.79 Å². The van der Waals surface area contributed by atoms with Crippen molar-refractivity contribution in [1.82, 2.24) is 0 Å². The Morgan fingerprint density at radius 3 is 2.50 bits per heavy atom. The van der Waals surface area contributed by atoms with E-state index in [0.29, 0.717) is 12.3 Å². The maximum Gasteiger partial charge on any atom is 0.180 e. The van der Waals surface area contributed by atoms with Gasteiger partial charge in [0, 0.05) is 19.5 Å². The summed E-state index contributed by atoms with van der Waals surface area (Å²) in [7, 11) is 1.61. The Hall–Kier alpha value is -0.700. The molecular formula is C7H14N2O. The van der Waals surface area contributed by atoms with Crippen molar-refractivity contribution in [3.05, 3.63) is 0 Å². The lowest BCUT2D eigenvalue weighted by Gasteiger charge is -2.04. The van der Waals surface area contributed by atoms with Crippen LogP contribution in [0.25, 0.3) is 0 Å². The lowest BCUT2D eigenvalue weighted by molar-refractivity contribution is -0.115. The number of hydrogen-bond acceptors (Lipinski definition) is 3. The Morgan fingerprint density at radius 1 is 1.70 bits per heavy atom. The van der Waals surface area contributed by atoms with Crippen LogP contribution in [-0.2, 0) is 4.79 Å². The number of nitrogens with two attached hydrogens (primary N) is 1. The number of ketones is 1. The van der Waals surface area contributed by atoms with Crippen LogP contribution in [0.2, 0.25) is 0 Å². The van der Waals surface area contributed by atoms with Gasteiger partial charge in [0.15, 0.2) is 5.78 Å². The van der Waals surface area contributed by atoms with E-state index in [1.807, 2.05) is 0 Å². The molecule has 0 aliphatic heterocycles. The summed E-state index contributed by atoms with van der Waals surface area (Å²) in [6, 6.07) is 0. The van der Waals surface area contributed by atoms with Crippen molar-refractivity contribution in [1.29, 1.82) is 0 Å². The van der Waals surface area contributed by atoms with Gasteiger partial charge in [-0.25, -0.2) is 0 Å². The van der Waals surface area contributed by atoms with E-state index in [1.54, 1.807) is 20.9 Å². The second-order valence-corrected chi connectivity index (χ2v) is 2.31. The molecule has 0 rings (SSSR count). The fourth-order valence-electron chi connectivity index (χ4n) is 0.574. The summed E-state index contributed by atoms with van der Waals surface area (Å²) in [6.07, 6.45) is 0. The summed E-state index contributed by atoms with van der Waals surface area (Å²) in [5.41, 5.74) is 5.84. The summed E-state index contributed by atoms with van der Waals surface area (Å²) < 4.78 is 0.